The number of benzene rings is 1. The number of nitrogens with one attached hydrogen (secondary N) is 1. The summed E-state index contributed by atoms with van der Waals surface area (Å²) in [6.45, 7) is 7.59. The Morgan fingerprint density at radius 3 is 2.54 bits per heavy atom. The number of hydrogen-bond acceptors (Lipinski definition) is 2. The van der Waals surface area contributed by atoms with Gasteiger partial charge in [0.1, 0.15) is 0 Å². The van der Waals surface area contributed by atoms with Gasteiger partial charge in [0.25, 0.3) is 5.56 Å². The number of nitrogens with zero attached hydrogens (tertiary/aromatic N) is 1. The largest absolute Gasteiger partial charge is 0.321 e. The fourth-order valence-corrected chi connectivity index (χ4v) is 4.36. The Labute approximate surface area is 143 Å². The monoisotopic (exact) mass is 322 g/mol. The zero-order chi connectivity index (χ0) is 16.7. The third-order valence-corrected chi connectivity index (χ3v) is 5.75. The van der Waals surface area contributed by atoms with Crippen molar-refractivity contribution in [3.63, 3.8) is 0 Å². The molecule has 0 radical (unpaired) electrons. The van der Waals surface area contributed by atoms with E-state index in [1.54, 1.807) is 0 Å². The third kappa shape index (κ3) is 2.51. The molecular weight excluding hydrogens is 296 g/mol. The van der Waals surface area contributed by atoms with Crippen molar-refractivity contribution in [2.24, 2.45) is 0 Å². The average Bonchev–Trinajstić information content (AvgIpc) is 2.98. The van der Waals surface area contributed by atoms with Crippen LogP contribution in [0.2, 0.25) is 0 Å². The Kier molecular flexibility index (Phi) is 4.05. The number of H-pyrrole nitrogens is 1. The highest BCUT2D eigenvalue weighted by molar-refractivity contribution is 5.75. The maximum absolute atomic E-state index is 12.5. The summed E-state index contributed by atoms with van der Waals surface area (Å²) in [4.78, 5) is 18.1. The lowest BCUT2D eigenvalue weighted by Crippen LogP contribution is -2.22. The SMILES string of the molecule is CCN(CC)Cc1ccc2c(c1)Cc1c-2[nH]c(=O)c2c1CCCC2. The van der Waals surface area contributed by atoms with E-state index >= 15 is 0 Å². The molecule has 3 nitrogen and oxygen atoms in total. The van der Waals surface area contributed by atoms with Crippen molar-refractivity contribution in [3.05, 3.63) is 56.4 Å². The molecule has 0 saturated carbocycles. The summed E-state index contributed by atoms with van der Waals surface area (Å²) in [5, 5.41) is 0. The van der Waals surface area contributed by atoms with Crippen molar-refractivity contribution in [3.8, 4) is 11.3 Å². The van der Waals surface area contributed by atoms with E-state index in [-0.39, 0.29) is 5.56 Å². The van der Waals surface area contributed by atoms with Gasteiger partial charge in [-0.25, -0.2) is 0 Å². The van der Waals surface area contributed by atoms with Gasteiger partial charge in [0.15, 0.2) is 0 Å². The molecule has 0 fully saturated rings. The highest BCUT2D eigenvalue weighted by Crippen LogP contribution is 2.39. The fourth-order valence-electron chi connectivity index (χ4n) is 4.36. The van der Waals surface area contributed by atoms with Gasteiger partial charge < -0.3 is 4.98 Å². The first-order valence-electron chi connectivity index (χ1n) is 9.32. The minimum Gasteiger partial charge on any atom is -0.321 e. The van der Waals surface area contributed by atoms with Gasteiger partial charge in [-0.15, -0.1) is 0 Å². The van der Waals surface area contributed by atoms with Crippen LogP contribution in [0, 0.1) is 0 Å². The van der Waals surface area contributed by atoms with Crippen molar-refractivity contribution in [2.45, 2.75) is 52.5 Å². The summed E-state index contributed by atoms with van der Waals surface area (Å²) >= 11 is 0. The zero-order valence-electron chi connectivity index (χ0n) is 14.7. The van der Waals surface area contributed by atoms with Crippen LogP contribution >= 0.6 is 0 Å². The highest BCUT2D eigenvalue weighted by atomic mass is 16.1. The molecule has 0 bridgehead atoms. The molecule has 0 aliphatic heterocycles. The van der Waals surface area contributed by atoms with Gasteiger partial charge in [-0.1, -0.05) is 32.0 Å². The Morgan fingerprint density at radius 1 is 1.04 bits per heavy atom. The van der Waals surface area contributed by atoms with Gasteiger partial charge in [0.2, 0.25) is 0 Å². The van der Waals surface area contributed by atoms with Crippen LogP contribution < -0.4 is 5.56 Å². The average molecular weight is 322 g/mol. The van der Waals surface area contributed by atoms with E-state index < -0.39 is 0 Å². The molecule has 24 heavy (non-hydrogen) atoms. The number of aromatic amines is 1. The number of rotatable bonds is 4. The first-order valence-corrected chi connectivity index (χ1v) is 9.32. The Bertz CT molecular complexity index is 830. The molecule has 1 aromatic carbocycles. The van der Waals surface area contributed by atoms with Gasteiger partial charge in [-0.3, -0.25) is 9.69 Å². The van der Waals surface area contributed by atoms with Crippen LogP contribution in [-0.4, -0.2) is 23.0 Å². The summed E-state index contributed by atoms with van der Waals surface area (Å²) in [5.41, 5.74) is 9.01. The number of aromatic nitrogens is 1. The quantitative estimate of drug-likeness (QED) is 0.795. The second-order valence-electron chi connectivity index (χ2n) is 7.10. The van der Waals surface area contributed by atoms with Crippen LogP contribution in [0.5, 0.6) is 0 Å². The lowest BCUT2D eigenvalue weighted by molar-refractivity contribution is 0.296. The number of pyridine rings is 1. The van der Waals surface area contributed by atoms with Crippen LogP contribution in [0.4, 0.5) is 0 Å². The van der Waals surface area contributed by atoms with Crippen molar-refractivity contribution in [1.29, 1.82) is 0 Å². The molecular formula is C21H26N2O. The van der Waals surface area contributed by atoms with E-state index in [1.165, 1.54) is 34.2 Å². The molecule has 2 aliphatic carbocycles. The van der Waals surface area contributed by atoms with Gasteiger partial charge in [0, 0.05) is 24.1 Å². The molecule has 1 heterocycles. The van der Waals surface area contributed by atoms with E-state index in [1.807, 2.05) is 0 Å². The lowest BCUT2D eigenvalue weighted by atomic mass is 9.88. The number of hydrogen-bond donors (Lipinski definition) is 1. The summed E-state index contributed by atoms with van der Waals surface area (Å²) in [5.74, 6) is 0. The van der Waals surface area contributed by atoms with E-state index in [0.29, 0.717) is 0 Å². The van der Waals surface area contributed by atoms with Gasteiger partial charge in [-0.2, -0.15) is 0 Å². The van der Waals surface area contributed by atoms with E-state index in [0.717, 1.165) is 56.6 Å². The molecule has 1 N–H and O–H groups in total. The second-order valence-corrected chi connectivity index (χ2v) is 7.10. The van der Waals surface area contributed by atoms with Crippen molar-refractivity contribution in [1.82, 2.24) is 9.88 Å². The maximum Gasteiger partial charge on any atom is 0.251 e. The maximum atomic E-state index is 12.5. The van der Waals surface area contributed by atoms with Gasteiger partial charge in [-0.05, 0) is 61.0 Å². The number of fused-ring (bicyclic) bond motifs is 5. The molecule has 2 aliphatic rings. The molecule has 126 valence electrons. The predicted molar refractivity (Wildman–Crippen MR) is 98.6 cm³/mol. The van der Waals surface area contributed by atoms with Crippen molar-refractivity contribution >= 4 is 0 Å². The summed E-state index contributed by atoms with van der Waals surface area (Å²) in [6.07, 6.45) is 5.36. The summed E-state index contributed by atoms with van der Waals surface area (Å²) in [6, 6.07) is 6.79. The Morgan fingerprint density at radius 2 is 1.79 bits per heavy atom. The first-order chi connectivity index (χ1) is 11.7. The smallest absolute Gasteiger partial charge is 0.251 e. The summed E-state index contributed by atoms with van der Waals surface area (Å²) < 4.78 is 0. The van der Waals surface area contributed by atoms with Crippen LogP contribution in [0.3, 0.4) is 0 Å². The molecule has 0 atom stereocenters. The van der Waals surface area contributed by atoms with Crippen molar-refractivity contribution in [2.75, 3.05) is 13.1 Å². The predicted octanol–water partition coefficient (Wildman–Crippen LogP) is 3.67. The van der Waals surface area contributed by atoms with Gasteiger partial charge >= 0.3 is 0 Å². The molecule has 4 rings (SSSR count). The lowest BCUT2D eigenvalue weighted by Gasteiger charge is -2.18. The van der Waals surface area contributed by atoms with E-state index in [9.17, 15) is 4.79 Å². The summed E-state index contributed by atoms with van der Waals surface area (Å²) in [7, 11) is 0. The fraction of sp³-hybridized carbons (Fsp3) is 0.476. The normalized spacial score (nSPS) is 15.3. The van der Waals surface area contributed by atoms with Crippen LogP contribution in [0.1, 0.15) is 54.5 Å². The molecule has 0 unspecified atom stereocenters. The van der Waals surface area contributed by atoms with E-state index in [2.05, 4.69) is 41.9 Å². The van der Waals surface area contributed by atoms with Gasteiger partial charge in [0.05, 0.1) is 5.69 Å². The van der Waals surface area contributed by atoms with Crippen molar-refractivity contribution < 1.29 is 0 Å². The minimum absolute atomic E-state index is 0.142. The molecule has 1 aromatic heterocycles. The first kappa shape index (κ1) is 15.6. The third-order valence-electron chi connectivity index (χ3n) is 5.75. The van der Waals surface area contributed by atoms with Crippen LogP contribution in [-0.2, 0) is 25.8 Å². The zero-order valence-corrected chi connectivity index (χ0v) is 14.7. The Balaban J connectivity index is 1.73. The Hall–Kier alpha value is -1.87. The second kappa shape index (κ2) is 6.21. The minimum atomic E-state index is 0.142. The standard InChI is InChI=1S/C21H26N2O/c1-3-23(4-2)13-14-9-10-16-15(11-14)12-19-17-7-5-6-8-18(17)21(24)22-20(16)19/h9-11H,3-8,12-13H2,1-2H3,(H,22,24). The molecule has 2 aromatic rings. The molecule has 0 saturated heterocycles. The topological polar surface area (TPSA) is 36.1 Å². The highest BCUT2D eigenvalue weighted by Gasteiger charge is 2.26. The van der Waals surface area contributed by atoms with Crippen LogP contribution in [0.15, 0.2) is 23.0 Å². The molecule has 3 heteroatoms. The molecule has 0 spiro atoms. The molecule has 0 amide bonds. The van der Waals surface area contributed by atoms with E-state index in [4.69, 9.17) is 0 Å². The van der Waals surface area contributed by atoms with Crippen LogP contribution in [0.25, 0.3) is 11.3 Å².